The lowest BCUT2D eigenvalue weighted by molar-refractivity contribution is 0.294. The molecule has 3 rings (SSSR count). The predicted molar refractivity (Wildman–Crippen MR) is 88.1 cm³/mol. The summed E-state index contributed by atoms with van der Waals surface area (Å²) in [5.74, 6) is 0.934. The highest BCUT2D eigenvalue weighted by Gasteiger charge is 2.09. The van der Waals surface area contributed by atoms with Crippen LogP contribution in [0.3, 0.4) is 0 Å². The maximum Gasteiger partial charge on any atom is 0.128 e. The van der Waals surface area contributed by atoms with E-state index in [0.29, 0.717) is 6.61 Å². The van der Waals surface area contributed by atoms with Gasteiger partial charge in [-0.1, -0.05) is 29.8 Å². The minimum absolute atomic E-state index is 0.561. The molecule has 0 aliphatic heterocycles. The Morgan fingerprint density at radius 1 is 1.10 bits per heavy atom. The van der Waals surface area contributed by atoms with E-state index in [0.717, 1.165) is 34.0 Å². The molecule has 2 aromatic carbocycles. The lowest BCUT2D eigenvalue weighted by atomic mass is 10.2. The van der Waals surface area contributed by atoms with Crippen LogP contribution in [-0.4, -0.2) is 4.57 Å². The number of nitrogens with zero attached hydrogens (tertiary/aromatic N) is 1. The summed E-state index contributed by atoms with van der Waals surface area (Å²) in [5.41, 5.74) is 3.52. The van der Waals surface area contributed by atoms with E-state index in [9.17, 15) is 0 Å². The van der Waals surface area contributed by atoms with Gasteiger partial charge in [0.2, 0.25) is 0 Å². The molecular weight excluding hydrogens is 282 g/mol. The van der Waals surface area contributed by atoms with Gasteiger partial charge in [0.05, 0.1) is 5.69 Å². The molecule has 3 aromatic rings. The molecule has 0 unspecified atom stereocenters. The third-order valence-corrected chi connectivity index (χ3v) is 3.97. The maximum absolute atomic E-state index is 6.08. The van der Waals surface area contributed by atoms with Crippen molar-refractivity contribution < 1.29 is 4.74 Å². The summed E-state index contributed by atoms with van der Waals surface area (Å²) in [4.78, 5) is 0. The Kier molecular flexibility index (Phi) is 3.89. The highest BCUT2D eigenvalue weighted by Crippen LogP contribution is 2.25. The number of fused-ring (bicyclic) bond motifs is 1. The van der Waals surface area contributed by atoms with Crippen molar-refractivity contribution >= 4 is 22.5 Å². The molecule has 0 saturated heterocycles. The smallest absolute Gasteiger partial charge is 0.128 e. The first-order chi connectivity index (χ1) is 10.2. The molecule has 3 heteroatoms. The van der Waals surface area contributed by atoms with Crippen LogP contribution in [0.4, 0.5) is 0 Å². The van der Waals surface area contributed by atoms with E-state index < -0.39 is 0 Å². The van der Waals surface area contributed by atoms with Crippen LogP contribution in [0.5, 0.6) is 5.75 Å². The lowest BCUT2D eigenvalue weighted by Gasteiger charge is -2.11. The van der Waals surface area contributed by atoms with Crippen molar-refractivity contribution in [3.8, 4) is 5.75 Å². The van der Waals surface area contributed by atoms with Crippen molar-refractivity contribution in [1.82, 2.24) is 4.57 Å². The number of benzene rings is 2. The standard InChI is InChI=1S/C18H18ClNO/c1-3-20-16(11-14-10-15(19)8-9-17(14)20)12-21-18-7-5-4-6-13(18)2/h4-11H,3,12H2,1-2H3. The van der Waals surface area contributed by atoms with Gasteiger partial charge in [0.25, 0.3) is 0 Å². The molecule has 0 amide bonds. The fourth-order valence-electron chi connectivity index (χ4n) is 2.66. The second kappa shape index (κ2) is 5.82. The first kappa shape index (κ1) is 14.0. The fourth-order valence-corrected chi connectivity index (χ4v) is 2.84. The van der Waals surface area contributed by atoms with E-state index in [4.69, 9.17) is 16.3 Å². The van der Waals surface area contributed by atoms with Gasteiger partial charge in [-0.05, 0) is 49.7 Å². The zero-order valence-electron chi connectivity index (χ0n) is 12.3. The largest absolute Gasteiger partial charge is 0.487 e. The minimum Gasteiger partial charge on any atom is -0.487 e. The van der Waals surface area contributed by atoms with Gasteiger partial charge < -0.3 is 9.30 Å². The number of aryl methyl sites for hydroxylation is 2. The Morgan fingerprint density at radius 2 is 1.90 bits per heavy atom. The molecule has 0 N–H and O–H groups in total. The van der Waals surface area contributed by atoms with E-state index in [1.54, 1.807) is 0 Å². The number of halogens is 1. The zero-order valence-corrected chi connectivity index (χ0v) is 13.0. The summed E-state index contributed by atoms with van der Waals surface area (Å²) in [7, 11) is 0. The maximum atomic E-state index is 6.08. The quantitative estimate of drug-likeness (QED) is 0.645. The van der Waals surface area contributed by atoms with E-state index in [1.165, 1.54) is 5.52 Å². The Bertz CT molecular complexity index is 776. The van der Waals surface area contributed by atoms with Crippen LogP contribution in [-0.2, 0) is 13.2 Å². The Morgan fingerprint density at radius 3 is 2.67 bits per heavy atom. The average molecular weight is 300 g/mol. The number of hydrogen-bond acceptors (Lipinski definition) is 1. The third-order valence-electron chi connectivity index (χ3n) is 3.73. The normalized spacial score (nSPS) is 11.0. The van der Waals surface area contributed by atoms with Gasteiger partial charge in [0, 0.05) is 22.5 Å². The van der Waals surface area contributed by atoms with Gasteiger partial charge >= 0.3 is 0 Å². The Hall–Kier alpha value is -1.93. The molecule has 0 radical (unpaired) electrons. The molecule has 0 spiro atoms. The predicted octanol–water partition coefficient (Wildman–Crippen LogP) is 5.20. The average Bonchev–Trinajstić information content (AvgIpc) is 2.82. The van der Waals surface area contributed by atoms with Crippen LogP contribution in [0, 0.1) is 6.92 Å². The molecule has 0 aliphatic rings. The molecule has 2 nitrogen and oxygen atoms in total. The molecule has 0 aliphatic carbocycles. The zero-order chi connectivity index (χ0) is 14.8. The molecule has 1 aromatic heterocycles. The summed E-state index contributed by atoms with van der Waals surface area (Å²) >= 11 is 6.08. The fraction of sp³-hybridized carbons (Fsp3) is 0.222. The number of ether oxygens (including phenoxy) is 1. The second-order valence-electron chi connectivity index (χ2n) is 5.14. The van der Waals surface area contributed by atoms with Crippen LogP contribution in [0.15, 0.2) is 48.5 Å². The summed E-state index contributed by atoms with van der Waals surface area (Å²) in [6.45, 7) is 5.68. The van der Waals surface area contributed by atoms with Crippen LogP contribution in [0.25, 0.3) is 10.9 Å². The summed E-state index contributed by atoms with van der Waals surface area (Å²) < 4.78 is 8.24. The summed E-state index contributed by atoms with van der Waals surface area (Å²) in [6, 6.07) is 16.2. The van der Waals surface area contributed by atoms with Gasteiger partial charge in [-0.3, -0.25) is 0 Å². The Balaban J connectivity index is 1.92. The SMILES string of the molecule is CCn1c(COc2ccccc2C)cc2cc(Cl)ccc21. The molecule has 108 valence electrons. The topological polar surface area (TPSA) is 14.2 Å². The summed E-state index contributed by atoms with van der Waals surface area (Å²) in [5, 5.41) is 1.93. The van der Waals surface area contributed by atoms with Crippen molar-refractivity contribution in [1.29, 1.82) is 0 Å². The highest BCUT2D eigenvalue weighted by molar-refractivity contribution is 6.31. The van der Waals surface area contributed by atoms with Crippen LogP contribution in [0.1, 0.15) is 18.2 Å². The van der Waals surface area contributed by atoms with Gasteiger partial charge in [-0.15, -0.1) is 0 Å². The van der Waals surface area contributed by atoms with Crippen molar-refractivity contribution in [3.63, 3.8) is 0 Å². The molecule has 1 heterocycles. The monoisotopic (exact) mass is 299 g/mol. The van der Waals surface area contributed by atoms with Gasteiger partial charge in [-0.25, -0.2) is 0 Å². The van der Waals surface area contributed by atoms with Crippen molar-refractivity contribution in [2.45, 2.75) is 27.0 Å². The van der Waals surface area contributed by atoms with Crippen LogP contribution in [0.2, 0.25) is 5.02 Å². The van der Waals surface area contributed by atoms with Crippen LogP contribution < -0.4 is 4.74 Å². The first-order valence-electron chi connectivity index (χ1n) is 7.15. The number of rotatable bonds is 4. The van der Waals surface area contributed by atoms with E-state index in [2.05, 4.69) is 36.6 Å². The van der Waals surface area contributed by atoms with Crippen LogP contribution >= 0.6 is 11.6 Å². The van der Waals surface area contributed by atoms with E-state index in [-0.39, 0.29) is 0 Å². The lowest BCUT2D eigenvalue weighted by Crippen LogP contribution is -2.05. The minimum atomic E-state index is 0.561. The molecule has 0 saturated carbocycles. The van der Waals surface area contributed by atoms with Gasteiger partial charge in [0.15, 0.2) is 0 Å². The van der Waals surface area contributed by atoms with Gasteiger partial charge in [-0.2, -0.15) is 0 Å². The summed E-state index contributed by atoms with van der Waals surface area (Å²) in [6.07, 6.45) is 0. The van der Waals surface area contributed by atoms with Crippen molar-refractivity contribution in [2.24, 2.45) is 0 Å². The molecule has 21 heavy (non-hydrogen) atoms. The molecular formula is C18H18ClNO. The molecule has 0 atom stereocenters. The number of aromatic nitrogens is 1. The molecule has 0 bridgehead atoms. The molecule has 0 fully saturated rings. The third kappa shape index (κ3) is 2.77. The Labute approximate surface area is 129 Å². The van der Waals surface area contributed by atoms with E-state index in [1.807, 2.05) is 30.3 Å². The van der Waals surface area contributed by atoms with Gasteiger partial charge in [0.1, 0.15) is 12.4 Å². The van der Waals surface area contributed by atoms with Crippen molar-refractivity contribution in [3.05, 3.63) is 64.8 Å². The second-order valence-corrected chi connectivity index (χ2v) is 5.57. The highest BCUT2D eigenvalue weighted by atomic mass is 35.5. The van der Waals surface area contributed by atoms with E-state index >= 15 is 0 Å². The number of para-hydroxylation sites is 1. The first-order valence-corrected chi connectivity index (χ1v) is 7.53. The number of hydrogen-bond donors (Lipinski definition) is 0. The van der Waals surface area contributed by atoms with Crippen molar-refractivity contribution in [2.75, 3.05) is 0 Å².